The van der Waals surface area contributed by atoms with Crippen LogP contribution < -0.4 is 0 Å². The van der Waals surface area contributed by atoms with Crippen molar-refractivity contribution in [2.24, 2.45) is 0 Å². The van der Waals surface area contributed by atoms with Crippen LogP contribution in [0.5, 0.6) is 0 Å². The van der Waals surface area contributed by atoms with Crippen LogP contribution in [0.1, 0.15) is 34.3 Å². The highest BCUT2D eigenvalue weighted by atomic mass is 32.2. The van der Waals surface area contributed by atoms with Crippen LogP contribution in [0, 0.1) is 6.92 Å². The van der Waals surface area contributed by atoms with Gasteiger partial charge in [-0.1, -0.05) is 31.2 Å². The molecule has 1 amide bonds. The lowest BCUT2D eigenvalue weighted by Crippen LogP contribution is -2.37. The molecule has 134 valence electrons. The third kappa shape index (κ3) is 3.77. The Bertz CT molecular complexity index is 886. The van der Waals surface area contributed by atoms with Crippen molar-refractivity contribution in [3.05, 3.63) is 40.4 Å². The minimum absolute atomic E-state index is 0.0540. The van der Waals surface area contributed by atoms with Gasteiger partial charge in [0.25, 0.3) is 5.91 Å². The van der Waals surface area contributed by atoms with Gasteiger partial charge in [-0.15, -0.1) is 11.3 Å². The van der Waals surface area contributed by atoms with E-state index in [1.165, 1.54) is 16.9 Å². The maximum absolute atomic E-state index is 12.8. The van der Waals surface area contributed by atoms with Gasteiger partial charge in [0.05, 0.1) is 17.2 Å². The first-order valence-corrected chi connectivity index (χ1v) is 11.0. The second-order valence-electron chi connectivity index (χ2n) is 6.46. The van der Waals surface area contributed by atoms with E-state index < -0.39 is 9.84 Å². The first-order chi connectivity index (χ1) is 11.8. The molecule has 5 nitrogen and oxygen atoms in total. The summed E-state index contributed by atoms with van der Waals surface area (Å²) < 4.78 is 23.3. The number of carbonyl (C=O) groups excluding carboxylic acids is 1. The molecule has 25 heavy (non-hydrogen) atoms. The fourth-order valence-corrected chi connectivity index (χ4v) is 5.84. The van der Waals surface area contributed by atoms with Crippen LogP contribution in [0.4, 0.5) is 0 Å². The molecular weight excluding hydrogens is 356 g/mol. The molecule has 0 spiro atoms. The van der Waals surface area contributed by atoms with E-state index in [1.807, 2.05) is 19.1 Å². The van der Waals surface area contributed by atoms with Gasteiger partial charge in [0, 0.05) is 18.7 Å². The average Bonchev–Trinajstić information content (AvgIpc) is 3.16. The molecule has 1 aromatic heterocycles. The van der Waals surface area contributed by atoms with E-state index >= 15 is 0 Å². The molecule has 2 heterocycles. The summed E-state index contributed by atoms with van der Waals surface area (Å²) in [5.74, 6) is 0.0678. The number of nitrogens with zero attached hydrogens (tertiary/aromatic N) is 2. The number of amides is 1. The van der Waals surface area contributed by atoms with Gasteiger partial charge in [0.15, 0.2) is 9.84 Å². The van der Waals surface area contributed by atoms with E-state index in [0.29, 0.717) is 17.0 Å². The molecule has 2 aromatic rings. The van der Waals surface area contributed by atoms with Crippen molar-refractivity contribution in [3.63, 3.8) is 0 Å². The Hall–Kier alpha value is -1.73. The van der Waals surface area contributed by atoms with Crippen LogP contribution in [-0.2, 0) is 16.3 Å². The van der Waals surface area contributed by atoms with E-state index in [-0.39, 0.29) is 23.5 Å². The molecule has 1 saturated heterocycles. The minimum Gasteiger partial charge on any atom is -0.337 e. The lowest BCUT2D eigenvalue weighted by molar-refractivity contribution is 0.0751. The number of aryl methyl sites for hydroxylation is 2. The Morgan fingerprint density at radius 1 is 1.32 bits per heavy atom. The molecule has 0 bridgehead atoms. The fourth-order valence-electron chi connectivity index (χ4n) is 3.01. The van der Waals surface area contributed by atoms with E-state index in [2.05, 4.69) is 24.0 Å². The molecule has 1 aliphatic rings. The molecule has 1 atom stereocenters. The third-order valence-corrected chi connectivity index (χ3v) is 7.62. The summed E-state index contributed by atoms with van der Waals surface area (Å²) in [6, 6.07) is 7.95. The van der Waals surface area contributed by atoms with Crippen molar-refractivity contribution < 1.29 is 13.2 Å². The lowest BCUT2D eigenvalue weighted by Gasteiger charge is -2.22. The van der Waals surface area contributed by atoms with Gasteiger partial charge in [-0.25, -0.2) is 13.4 Å². The molecule has 0 saturated carbocycles. The van der Waals surface area contributed by atoms with E-state index in [0.717, 1.165) is 17.0 Å². The Balaban J connectivity index is 1.82. The molecule has 0 aliphatic carbocycles. The van der Waals surface area contributed by atoms with Crippen molar-refractivity contribution in [1.29, 1.82) is 0 Å². The van der Waals surface area contributed by atoms with Gasteiger partial charge in [-0.05, 0) is 25.3 Å². The van der Waals surface area contributed by atoms with Gasteiger partial charge in [-0.3, -0.25) is 4.79 Å². The Labute approximate surface area is 152 Å². The van der Waals surface area contributed by atoms with Gasteiger partial charge >= 0.3 is 0 Å². The Morgan fingerprint density at radius 3 is 2.56 bits per heavy atom. The number of sulfone groups is 1. The number of benzene rings is 1. The molecule has 3 rings (SSSR count). The van der Waals surface area contributed by atoms with Crippen molar-refractivity contribution in [1.82, 2.24) is 9.88 Å². The summed E-state index contributed by atoms with van der Waals surface area (Å²) in [6.45, 7) is 3.94. The quantitative estimate of drug-likeness (QED) is 0.820. The van der Waals surface area contributed by atoms with Crippen LogP contribution >= 0.6 is 11.3 Å². The summed E-state index contributed by atoms with van der Waals surface area (Å²) >= 11 is 1.37. The molecule has 7 heteroatoms. The van der Waals surface area contributed by atoms with Crippen LogP contribution in [-0.4, -0.2) is 48.8 Å². The highest BCUT2D eigenvalue weighted by Gasteiger charge is 2.34. The Kier molecular flexibility index (Phi) is 4.97. The number of rotatable bonds is 4. The Morgan fingerprint density at radius 2 is 2.00 bits per heavy atom. The predicted octanol–water partition coefficient (Wildman–Crippen LogP) is 2.94. The van der Waals surface area contributed by atoms with Gasteiger partial charge in [0.1, 0.15) is 9.88 Å². The highest BCUT2D eigenvalue weighted by Crippen LogP contribution is 2.30. The van der Waals surface area contributed by atoms with Gasteiger partial charge in [-0.2, -0.15) is 0 Å². The zero-order valence-corrected chi connectivity index (χ0v) is 16.3. The number of hydrogen-bond donors (Lipinski definition) is 0. The van der Waals surface area contributed by atoms with Crippen molar-refractivity contribution >= 4 is 27.1 Å². The van der Waals surface area contributed by atoms with Crippen LogP contribution in [0.2, 0.25) is 0 Å². The number of thiazole rings is 1. The topological polar surface area (TPSA) is 67.3 Å². The second-order valence-corrected chi connectivity index (χ2v) is 9.68. The van der Waals surface area contributed by atoms with Crippen molar-refractivity contribution in [2.45, 2.75) is 32.7 Å². The van der Waals surface area contributed by atoms with Crippen molar-refractivity contribution in [2.75, 3.05) is 18.6 Å². The van der Waals surface area contributed by atoms with E-state index in [4.69, 9.17) is 0 Å². The average molecular weight is 379 g/mol. The first kappa shape index (κ1) is 18.1. The zero-order valence-electron chi connectivity index (χ0n) is 14.7. The molecule has 1 aromatic carbocycles. The van der Waals surface area contributed by atoms with E-state index in [9.17, 15) is 13.2 Å². The molecule has 1 fully saturated rings. The largest absolute Gasteiger partial charge is 0.337 e. The monoisotopic (exact) mass is 378 g/mol. The third-order valence-electron chi connectivity index (χ3n) is 4.68. The molecule has 0 N–H and O–H groups in total. The van der Waals surface area contributed by atoms with Gasteiger partial charge in [0.2, 0.25) is 0 Å². The van der Waals surface area contributed by atoms with Crippen molar-refractivity contribution in [3.8, 4) is 10.6 Å². The second kappa shape index (κ2) is 6.88. The fraction of sp³-hybridized carbons (Fsp3) is 0.444. The van der Waals surface area contributed by atoms with Crippen LogP contribution in [0.15, 0.2) is 24.3 Å². The van der Waals surface area contributed by atoms with Gasteiger partial charge < -0.3 is 4.90 Å². The van der Waals surface area contributed by atoms with Crippen LogP contribution in [0.25, 0.3) is 10.6 Å². The summed E-state index contributed by atoms with van der Waals surface area (Å²) in [5.41, 5.74) is 2.95. The highest BCUT2D eigenvalue weighted by molar-refractivity contribution is 7.91. The number of aromatic nitrogens is 1. The zero-order chi connectivity index (χ0) is 18.2. The summed E-state index contributed by atoms with van der Waals surface area (Å²) in [7, 11) is -1.33. The summed E-state index contributed by atoms with van der Waals surface area (Å²) in [4.78, 5) is 19.5. The minimum atomic E-state index is -3.02. The smallest absolute Gasteiger partial charge is 0.265 e. The normalized spacial score (nSPS) is 19.1. The molecular formula is C18H22N2O3S2. The molecule has 1 unspecified atom stereocenters. The van der Waals surface area contributed by atoms with Crippen LogP contribution in [0.3, 0.4) is 0 Å². The summed E-state index contributed by atoms with van der Waals surface area (Å²) in [5, 5.41) is 0.816. The summed E-state index contributed by atoms with van der Waals surface area (Å²) in [6.07, 6.45) is 1.49. The lowest BCUT2D eigenvalue weighted by atomic mass is 10.1. The number of carbonyl (C=O) groups is 1. The maximum Gasteiger partial charge on any atom is 0.265 e. The SMILES string of the molecule is CCc1ccc(-c2nc(C)c(C(=O)N(C)C3CCS(=O)(=O)C3)s2)cc1. The van der Waals surface area contributed by atoms with E-state index in [1.54, 1.807) is 11.9 Å². The predicted molar refractivity (Wildman–Crippen MR) is 101 cm³/mol. The molecule has 1 aliphatic heterocycles. The first-order valence-electron chi connectivity index (χ1n) is 8.35. The number of hydrogen-bond acceptors (Lipinski definition) is 5. The maximum atomic E-state index is 12.8. The standard InChI is InChI=1S/C18H22N2O3S2/c1-4-13-5-7-14(8-6-13)17-19-12(2)16(24-17)18(21)20(3)15-9-10-25(22,23)11-15/h5-8,15H,4,9-11H2,1-3H3. The molecule has 0 radical (unpaired) electrons.